The van der Waals surface area contributed by atoms with Crippen LogP contribution in [0.25, 0.3) is 0 Å². The van der Waals surface area contributed by atoms with Crippen molar-refractivity contribution in [3.63, 3.8) is 0 Å². The van der Waals surface area contributed by atoms with Crippen LogP contribution < -0.4 is 10.6 Å². The third kappa shape index (κ3) is 3.03. The Kier molecular flexibility index (Phi) is 4.68. The average molecular weight is 354 g/mol. The van der Waals surface area contributed by atoms with Crippen LogP contribution in [-0.4, -0.2) is 34.3 Å². The van der Waals surface area contributed by atoms with Gasteiger partial charge >= 0.3 is 6.03 Å². The first-order chi connectivity index (χ1) is 12.4. The lowest BCUT2D eigenvalue weighted by atomic mass is 9.97. The summed E-state index contributed by atoms with van der Waals surface area (Å²) in [6, 6.07) is 7.27. The molecule has 26 heavy (non-hydrogen) atoms. The van der Waals surface area contributed by atoms with Gasteiger partial charge in [0, 0.05) is 0 Å². The number of nitrogens with zero attached hydrogens (tertiary/aromatic N) is 2. The molecule has 7 nitrogen and oxygen atoms in total. The van der Waals surface area contributed by atoms with Crippen molar-refractivity contribution in [1.29, 1.82) is 5.26 Å². The summed E-state index contributed by atoms with van der Waals surface area (Å²) >= 11 is 0. The lowest BCUT2D eigenvalue weighted by Gasteiger charge is -2.25. The fraction of sp³-hybridized carbons (Fsp3) is 0.474. The molecule has 2 unspecified atom stereocenters. The van der Waals surface area contributed by atoms with Crippen LogP contribution >= 0.6 is 0 Å². The minimum absolute atomic E-state index is 0.298. The van der Waals surface area contributed by atoms with E-state index in [2.05, 4.69) is 10.6 Å². The van der Waals surface area contributed by atoms with Crippen LogP contribution in [-0.2, 0) is 9.59 Å². The quantitative estimate of drug-likeness (QED) is 0.807. The zero-order valence-electron chi connectivity index (χ0n) is 14.9. The van der Waals surface area contributed by atoms with Gasteiger partial charge in [0.1, 0.15) is 11.6 Å². The summed E-state index contributed by atoms with van der Waals surface area (Å²) < 4.78 is 0. The summed E-state index contributed by atoms with van der Waals surface area (Å²) in [6.45, 7) is 3.38. The molecule has 2 N–H and O–H groups in total. The number of urea groups is 1. The number of nitrogens with one attached hydrogen (secondary N) is 2. The van der Waals surface area contributed by atoms with Gasteiger partial charge in [-0.2, -0.15) is 5.26 Å². The molecule has 0 bridgehead atoms. The van der Waals surface area contributed by atoms with Crippen LogP contribution in [0.15, 0.2) is 24.3 Å². The first kappa shape index (κ1) is 17.9. The Labute approximate surface area is 152 Å². The summed E-state index contributed by atoms with van der Waals surface area (Å²) in [5.41, 5.74) is 0.570. The average Bonchev–Trinajstić information content (AvgIpc) is 3.19. The maximum atomic E-state index is 12.7. The molecule has 1 aliphatic carbocycles. The molecule has 0 aromatic heterocycles. The summed E-state index contributed by atoms with van der Waals surface area (Å²) in [4.78, 5) is 38.7. The second-order valence-corrected chi connectivity index (χ2v) is 7.03. The van der Waals surface area contributed by atoms with Crippen molar-refractivity contribution in [3.8, 4) is 6.07 Å². The van der Waals surface area contributed by atoms with Crippen LogP contribution in [0.3, 0.4) is 0 Å². The molecular weight excluding hydrogens is 332 g/mol. The number of benzene rings is 1. The maximum absolute atomic E-state index is 12.7. The molecule has 1 saturated carbocycles. The molecule has 1 aliphatic heterocycles. The molecule has 1 spiro atoms. The lowest BCUT2D eigenvalue weighted by Crippen LogP contribution is -2.50. The summed E-state index contributed by atoms with van der Waals surface area (Å²) in [7, 11) is 0. The number of nitriles is 1. The Hall–Kier alpha value is -2.88. The van der Waals surface area contributed by atoms with Crippen LogP contribution in [0, 0.1) is 11.3 Å². The predicted molar refractivity (Wildman–Crippen MR) is 93.8 cm³/mol. The topological polar surface area (TPSA) is 102 Å². The molecule has 2 fully saturated rings. The van der Waals surface area contributed by atoms with E-state index >= 15 is 0 Å². The number of carbonyl (C=O) groups excluding carboxylic acids is 3. The van der Waals surface area contributed by atoms with Gasteiger partial charge in [-0.3, -0.25) is 9.59 Å². The number of rotatable bonds is 4. The van der Waals surface area contributed by atoms with Crippen LogP contribution in [0.2, 0.25) is 0 Å². The van der Waals surface area contributed by atoms with E-state index in [0.717, 1.165) is 23.3 Å². The Morgan fingerprint density at radius 3 is 2.42 bits per heavy atom. The Morgan fingerprint density at radius 2 is 1.85 bits per heavy atom. The molecular formula is C19H22N4O3. The third-order valence-electron chi connectivity index (χ3n) is 5.32. The van der Waals surface area contributed by atoms with E-state index in [4.69, 9.17) is 5.26 Å². The summed E-state index contributed by atoms with van der Waals surface area (Å²) in [5, 5.41) is 14.5. The highest BCUT2D eigenvalue weighted by atomic mass is 16.2. The smallest absolute Gasteiger partial charge is 0.325 e. The van der Waals surface area contributed by atoms with E-state index < -0.39 is 17.6 Å². The lowest BCUT2D eigenvalue weighted by molar-refractivity contribution is -0.138. The van der Waals surface area contributed by atoms with Crippen molar-refractivity contribution in [3.05, 3.63) is 35.4 Å². The zero-order valence-corrected chi connectivity index (χ0v) is 14.9. The SMILES string of the molecule is CC(NC(=O)C(C)N1C(=O)NC2(CCCC2)C1=O)c1ccc(C#N)cc1. The molecule has 2 atom stereocenters. The molecule has 136 valence electrons. The monoisotopic (exact) mass is 354 g/mol. The minimum atomic E-state index is -0.886. The normalized spacial score (nSPS) is 20.6. The Balaban J connectivity index is 1.68. The predicted octanol–water partition coefficient (Wildman–Crippen LogP) is 1.99. The van der Waals surface area contributed by atoms with E-state index in [-0.39, 0.29) is 17.9 Å². The molecule has 0 radical (unpaired) electrons. The second-order valence-electron chi connectivity index (χ2n) is 7.03. The van der Waals surface area contributed by atoms with E-state index in [9.17, 15) is 14.4 Å². The van der Waals surface area contributed by atoms with Crippen LogP contribution in [0.1, 0.15) is 56.7 Å². The van der Waals surface area contributed by atoms with Gasteiger partial charge in [0.05, 0.1) is 17.7 Å². The number of imide groups is 1. The summed E-state index contributed by atoms with van der Waals surface area (Å²) in [6.07, 6.45) is 3.06. The van der Waals surface area contributed by atoms with Crippen molar-refractivity contribution in [1.82, 2.24) is 15.5 Å². The highest BCUT2D eigenvalue weighted by Crippen LogP contribution is 2.35. The molecule has 1 aromatic carbocycles. The number of hydrogen-bond donors (Lipinski definition) is 2. The van der Waals surface area contributed by atoms with Crippen molar-refractivity contribution < 1.29 is 14.4 Å². The minimum Gasteiger partial charge on any atom is -0.348 e. The van der Waals surface area contributed by atoms with Gasteiger partial charge in [0.2, 0.25) is 5.91 Å². The summed E-state index contributed by atoms with van der Waals surface area (Å²) in [5.74, 6) is -0.686. The van der Waals surface area contributed by atoms with Crippen LogP contribution in [0.4, 0.5) is 4.79 Å². The van der Waals surface area contributed by atoms with Gasteiger partial charge in [-0.25, -0.2) is 9.69 Å². The molecule has 1 saturated heterocycles. The first-order valence-electron chi connectivity index (χ1n) is 8.84. The number of carbonyl (C=O) groups is 3. The fourth-order valence-electron chi connectivity index (χ4n) is 3.69. The van der Waals surface area contributed by atoms with Crippen molar-refractivity contribution in [2.45, 2.75) is 57.2 Å². The largest absolute Gasteiger partial charge is 0.348 e. The second kappa shape index (κ2) is 6.79. The number of hydrogen-bond acceptors (Lipinski definition) is 4. The van der Waals surface area contributed by atoms with Gasteiger partial charge in [0.25, 0.3) is 5.91 Å². The third-order valence-corrected chi connectivity index (χ3v) is 5.32. The standard InChI is InChI=1S/C19H22N4O3/c1-12(15-7-5-14(11-20)6-8-15)21-16(24)13(2)23-17(25)19(22-18(23)26)9-3-4-10-19/h5-8,12-13H,3-4,9-10H2,1-2H3,(H,21,24)(H,22,26). The van der Waals surface area contributed by atoms with Gasteiger partial charge in [-0.05, 0) is 44.4 Å². The molecule has 7 heteroatoms. The van der Waals surface area contributed by atoms with Gasteiger partial charge in [-0.1, -0.05) is 25.0 Å². The van der Waals surface area contributed by atoms with Crippen molar-refractivity contribution >= 4 is 17.8 Å². The fourth-order valence-corrected chi connectivity index (χ4v) is 3.69. The zero-order chi connectivity index (χ0) is 18.9. The van der Waals surface area contributed by atoms with Gasteiger partial charge < -0.3 is 10.6 Å². The van der Waals surface area contributed by atoms with E-state index in [1.165, 1.54) is 0 Å². The molecule has 1 heterocycles. The van der Waals surface area contributed by atoms with E-state index in [0.29, 0.717) is 18.4 Å². The maximum Gasteiger partial charge on any atom is 0.325 e. The highest BCUT2D eigenvalue weighted by Gasteiger charge is 2.54. The highest BCUT2D eigenvalue weighted by molar-refractivity contribution is 6.10. The van der Waals surface area contributed by atoms with Gasteiger partial charge in [-0.15, -0.1) is 0 Å². The van der Waals surface area contributed by atoms with E-state index in [1.807, 2.05) is 13.0 Å². The Bertz CT molecular complexity index is 775. The van der Waals surface area contributed by atoms with Crippen molar-refractivity contribution in [2.75, 3.05) is 0 Å². The van der Waals surface area contributed by atoms with E-state index in [1.54, 1.807) is 31.2 Å². The molecule has 2 aliphatic rings. The Morgan fingerprint density at radius 1 is 1.23 bits per heavy atom. The first-order valence-corrected chi connectivity index (χ1v) is 8.84. The molecule has 4 amide bonds. The molecule has 1 aromatic rings. The number of amides is 4. The van der Waals surface area contributed by atoms with Gasteiger partial charge in [0.15, 0.2) is 0 Å². The molecule has 3 rings (SSSR count). The van der Waals surface area contributed by atoms with Crippen LogP contribution in [0.5, 0.6) is 0 Å². The van der Waals surface area contributed by atoms with Crippen molar-refractivity contribution in [2.24, 2.45) is 0 Å².